The van der Waals surface area contributed by atoms with Gasteiger partial charge < -0.3 is 5.73 Å². The van der Waals surface area contributed by atoms with Crippen molar-refractivity contribution in [2.24, 2.45) is 5.73 Å². The first-order chi connectivity index (χ1) is 6.91. The third-order valence-corrected chi connectivity index (χ3v) is 3.87. The lowest BCUT2D eigenvalue weighted by atomic mass is 9.86. The molecule has 0 heterocycles. The molecule has 0 aliphatic heterocycles. The summed E-state index contributed by atoms with van der Waals surface area (Å²) in [5.41, 5.74) is 14.5. The van der Waals surface area contributed by atoms with Crippen molar-refractivity contribution in [1.82, 2.24) is 0 Å². The molecule has 0 saturated carbocycles. The van der Waals surface area contributed by atoms with Gasteiger partial charge in [0.1, 0.15) is 0 Å². The smallest absolute Gasteiger partial charge is 0.0297 e. The molecule has 0 bridgehead atoms. The zero-order valence-electron chi connectivity index (χ0n) is 10.9. The van der Waals surface area contributed by atoms with Crippen molar-refractivity contribution in [2.75, 3.05) is 0 Å². The minimum absolute atomic E-state index is 0.183. The second kappa shape index (κ2) is 4.36. The van der Waals surface area contributed by atoms with E-state index in [0.717, 1.165) is 6.42 Å². The van der Waals surface area contributed by atoms with Crippen molar-refractivity contribution >= 4 is 0 Å². The number of nitrogens with two attached hydrogens (primary N) is 1. The van der Waals surface area contributed by atoms with Crippen LogP contribution in [0.15, 0.2) is 0 Å². The van der Waals surface area contributed by atoms with E-state index >= 15 is 0 Å². The quantitative estimate of drug-likeness (QED) is 0.783. The Balaban J connectivity index is 3.52. The fourth-order valence-electron chi connectivity index (χ4n) is 2.29. The standard InChI is InChI=1S/C14H23N/c1-7-13(15)14-11(5)9(3)8(2)10(4)12(14)6/h13H,7,15H2,1-6H3. The van der Waals surface area contributed by atoms with Gasteiger partial charge >= 0.3 is 0 Å². The van der Waals surface area contributed by atoms with Gasteiger partial charge in [-0.1, -0.05) is 6.92 Å². The van der Waals surface area contributed by atoms with Crippen molar-refractivity contribution in [3.05, 3.63) is 33.4 Å². The maximum atomic E-state index is 6.18. The molecule has 1 heteroatoms. The van der Waals surface area contributed by atoms with Gasteiger partial charge in [0.15, 0.2) is 0 Å². The molecule has 0 aromatic heterocycles. The lowest BCUT2D eigenvalue weighted by Gasteiger charge is -2.22. The predicted molar refractivity (Wildman–Crippen MR) is 67.3 cm³/mol. The molecule has 1 nitrogen and oxygen atoms in total. The number of hydrogen-bond donors (Lipinski definition) is 1. The Bertz CT molecular complexity index is 348. The fourth-order valence-corrected chi connectivity index (χ4v) is 2.29. The van der Waals surface area contributed by atoms with E-state index in [1.165, 1.54) is 33.4 Å². The Labute approximate surface area is 93.7 Å². The van der Waals surface area contributed by atoms with E-state index in [0.29, 0.717) is 0 Å². The highest BCUT2D eigenvalue weighted by atomic mass is 14.6. The molecule has 15 heavy (non-hydrogen) atoms. The molecule has 2 N–H and O–H groups in total. The minimum Gasteiger partial charge on any atom is -0.324 e. The summed E-state index contributed by atoms with van der Waals surface area (Å²) in [6.45, 7) is 13.1. The topological polar surface area (TPSA) is 26.0 Å². The van der Waals surface area contributed by atoms with Gasteiger partial charge in [0.05, 0.1) is 0 Å². The van der Waals surface area contributed by atoms with Crippen molar-refractivity contribution in [3.8, 4) is 0 Å². The lowest BCUT2D eigenvalue weighted by Crippen LogP contribution is -2.14. The van der Waals surface area contributed by atoms with E-state index < -0.39 is 0 Å². The summed E-state index contributed by atoms with van der Waals surface area (Å²) >= 11 is 0. The lowest BCUT2D eigenvalue weighted by molar-refractivity contribution is 0.686. The van der Waals surface area contributed by atoms with Crippen LogP contribution in [0.25, 0.3) is 0 Å². The van der Waals surface area contributed by atoms with Crippen LogP contribution in [0.2, 0.25) is 0 Å². The van der Waals surface area contributed by atoms with E-state index in [2.05, 4.69) is 41.5 Å². The average Bonchev–Trinajstić information content (AvgIpc) is 2.23. The molecule has 1 unspecified atom stereocenters. The predicted octanol–water partition coefficient (Wildman–Crippen LogP) is 3.64. The molecule has 1 rings (SSSR count). The van der Waals surface area contributed by atoms with Crippen molar-refractivity contribution < 1.29 is 0 Å². The van der Waals surface area contributed by atoms with Gasteiger partial charge in [0.25, 0.3) is 0 Å². The Morgan fingerprint density at radius 3 is 1.47 bits per heavy atom. The van der Waals surface area contributed by atoms with Gasteiger partial charge in [-0.2, -0.15) is 0 Å². The van der Waals surface area contributed by atoms with Crippen LogP contribution in [0.4, 0.5) is 0 Å². The van der Waals surface area contributed by atoms with Crippen molar-refractivity contribution in [3.63, 3.8) is 0 Å². The van der Waals surface area contributed by atoms with E-state index in [4.69, 9.17) is 5.73 Å². The Morgan fingerprint density at radius 2 is 1.13 bits per heavy atom. The van der Waals surface area contributed by atoms with E-state index in [9.17, 15) is 0 Å². The first kappa shape index (κ1) is 12.3. The van der Waals surface area contributed by atoms with Crippen LogP contribution in [0.5, 0.6) is 0 Å². The fraction of sp³-hybridized carbons (Fsp3) is 0.571. The molecule has 1 aromatic rings. The second-order valence-electron chi connectivity index (χ2n) is 4.55. The van der Waals surface area contributed by atoms with Crippen LogP contribution in [0.3, 0.4) is 0 Å². The van der Waals surface area contributed by atoms with Crippen molar-refractivity contribution in [1.29, 1.82) is 0 Å². The van der Waals surface area contributed by atoms with Gasteiger partial charge in [-0.3, -0.25) is 0 Å². The molecule has 0 radical (unpaired) electrons. The summed E-state index contributed by atoms with van der Waals surface area (Å²) in [7, 11) is 0. The number of benzene rings is 1. The third-order valence-electron chi connectivity index (χ3n) is 3.87. The summed E-state index contributed by atoms with van der Waals surface area (Å²) in [5, 5.41) is 0. The van der Waals surface area contributed by atoms with Gasteiger partial charge in [-0.25, -0.2) is 0 Å². The zero-order chi connectivity index (χ0) is 11.7. The number of rotatable bonds is 2. The Hall–Kier alpha value is -0.820. The third kappa shape index (κ3) is 1.93. The molecule has 0 saturated heterocycles. The maximum Gasteiger partial charge on any atom is 0.0297 e. The molecular formula is C14H23N. The van der Waals surface area contributed by atoms with Gasteiger partial charge in [0.2, 0.25) is 0 Å². The van der Waals surface area contributed by atoms with E-state index in [1.54, 1.807) is 0 Å². The van der Waals surface area contributed by atoms with Crippen LogP contribution < -0.4 is 5.73 Å². The summed E-state index contributed by atoms with van der Waals surface area (Å²) in [5.74, 6) is 0. The largest absolute Gasteiger partial charge is 0.324 e. The summed E-state index contributed by atoms with van der Waals surface area (Å²) in [4.78, 5) is 0. The molecule has 0 aliphatic carbocycles. The summed E-state index contributed by atoms with van der Waals surface area (Å²) < 4.78 is 0. The number of hydrogen-bond acceptors (Lipinski definition) is 1. The first-order valence-electron chi connectivity index (χ1n) is 5.74. The summed E-state index contributed by atoms with van der Waals surface area (Å²) in [6.07, 6.45) is 1.00. The van der Waals surface area contributed by atoms with E-state index in [-0.39, 0.29) is 6.04 Å². The van der Waals surface area contributed by atoms with Crippen LogP contribution in [0, 0.1) is 34.6 Å². The van der Waals surface area contributed by atoms with Crippen LogP contribution >= 0.6 is 0 Å². The second-order valence-corrected chi connectivity index (χ2v) is 4.55. The average molecular weight is 205 g/mol. The van der Waals surface area contributed by atoms with Crippen LogP contribution in [-0.4, -0.2) is 0 Å². The Kier molecular flexibility index (Phi) is 3.56. The normalized spacial score (nSPS) is 13.0. The van der Waals surface area contributed by atoms with Gasteiger partial charge in [-0.15, -0.1) is 0 Å². The highest BCUT2D eigenvalue weighted by Crippen LogP contribution is 2.30. The monoisotopic (exact) mass is 205 g/mol. The molecule has 0 spiro atoms. The Morgan fingerprint density at radius 1 is 0.800 bits per heavy atom. The molecule has 1 aromatic carbocycles. The highest BCUT2D eigenvalue weighted by Gasteiger charge is 2.15. The minimum atomic E-state index is 0.183. The van der Waals surface area contributed by atoms with Crippen LogP contribution in [0.1, 0.15) is 52.8 Å². The highest BCUT2D eigenvalue weighted by molar-refractivity contribution is 5.50. The zero-order valence-corrected chi connectivity index (χ0v) is 10.9. The van der Waals surface area contributed by atoms with Crippen molar-refractivity contribution in [2.45, 2.75) is 54.0 Å². The molecule has 0 fully saturated rings. The molecule has 0 aliphatic rings. The SMILES string of the molecule is CCC(N)c1c(C)c(C)c(C)c(C)c1C. The van der Waals surface area contributed by atoms with E-state index in [1.807, 2.05) is 0 Å². The molecular weight excluding hydrogens is 182 g/mol. The maximum absolute atomic E-state index is 6.18. The molecule has 0 amide bonds. The van der Waals surface area contributed by atoms with Gasteiger partial charge in [0, 0.05) is 6.04 Å². The molecule has 84 valence electrons. The molecule has 1 atom stereocenters. The summed E-state index contributed by atoms with van der Waals surface area (Å²) in [6, 6.07) is 0.183. The first-order valence-corrected chi connectivity index (χ1v) is 5.74. The van der Waals surface area contributed by atoms with Gasteiger partial charge in [-0.05, 0) is 74.4 Å². The van der Waals surface area contributed by atoms with Crippen LogP contribution in [-0.2, 0) is 0 Å².